The number of nitrogens with zero attached hydrogens (tertiary/aromatic N) is 7. The predicted octanol–water partition coefficient (Wildman–Crippen LogP) is 2.38. The van der Waals surface area contributed by atoms with Crippen molar-refractivity contribution in [2.45, 2.75) is 26.7 Å². The third-order valence-electron chi connectivity index (χ3n) is 3.96. The van der Waals surface area contributed by atoms with Crippen molar-refractivity contribution in [3.05, 3.63) is 46.1 Å². The summed E-state index contributed by atoms with van der Waals surface area (Å²) in [6.07, 6.45) is 3.28. The largest absolute Gasteiger partial charge is 0.256 e. The molecule has 0 spiro atoms. The van der Waals surface area contributed by atoms with E-state index in [1.807, 2.05) is 47.7 Å². The summed E-state index contributed by atoms with van der Waals surface area (Å²) in [4.78, 5) is 13.6. The van der Waals surface area contributed by atoms with Gasteiger partial charge in [-0.2, -0.15) is 21.5 Å². The zero-order valence-electron chi connectivity index (χ0n) is 13.8. The van der Waals surface area contributed by atoms with Gasteiger partial charge in [0.05, 0.1) is 11.4 Å². The molecule has 0 radical (unpaired) electrons. The van der Waals surface area contributed by atoms with E-state index in [0.717, 1.165) is 52.9 Å². The van der Waals surface area contributed by atoms with Gasteiger partial charge in [0.25, 0.3) is 0 Å². The smallest absolute Gasteiger partial charge is 0.182 e. The second kappa shape index (κ2) is 5.79. The Morgan fingerprint density at radius 2 is 2.00 bits per heavy atom. The van der Waals surface area contributed by atoms with Gasteiger partial charge in [-0.25, -0.2) is 14.5 Å². The fourth-order valence-corrected chi connectivity index (χ4v) is 3.25. The summed E-state index contributed by atoms with van der Waals surface area (Å²) in [5.74, 6) is 2.50. The Labute approximate surface area is 143 Å². The predicted molar refractivity (Wildman–Crippen MR) is 92.0 cm³/mol. The van der Waals surface area contributed by atoms with Gasteiger partial charge in [0.1, 0.15) is 5.82 Å². The molecule has 0 fully saturated rings. The molecular formula is C16H17N7S. The molecule has 0 aliphatic rings. The first-order chi connectivity index (χ1) is 11.6. The molecule has 7 nitrogen and oxygen atoms in total. The maximum atomic E-state index is 4.64. The van der Waals surface area contributed by atoms with Crippen molar-refractivity contribution in [2.75, 3.05) is 0 Å². The van der Waals surface area contributed by atoms with E-state index < -0.39 is 0 Å². The molecule has 0 amide bonds. The molecule has 8 heteroatoms. The van der Waals surface area contributed by atoms with Crippen molar-refractivity contribution in [3.8, 4) is 11.4 Å². The van der Waals surface area contributed by atoms with E-state index >= 15 is 0 Å². The lowest BCUT2D eigenvalue weighted by Crippen LogP contribution is -2.03. The summed E-state index contributed by atoms with van der Waals surface area (Å²) in [6.45, 7) is 3.93. The van der Waals surface area contributed by atoms with Crippen LogP contribution in [0, 0.1) is 13.8 Å². The number of hydrogen-bond donors (Lipinski definition) is 0. The maximum Gasteiger partial charge on any atom is 0.182 e. The molecule has 4 aromatic heterocycles. The van der Waals surface area contributed by atoms with E-state index in [9.17, 15) is 0 Å². The topological polar surface area (TPSA) is 73.8 Å². The van der Waals surface area contributed by atoms with Crippen LogP contribution in [0.1, 0.15) is 23.0 Å². The SMILES string of the molecule is Cc1ncc(C)n2nc(CCc3nc(-c4ccsc4)nn3C)nc12. The lowest BCUT2D eigenvalue weighted by Gasteiger charge is -1.97. The van der Waals surface area contributed by atoms with E-state index in [4.69, 9.17) is 0 Å². The molecule has 0 aromatic carbocycles. The highest BCUT2D eigenvalue weighted by atomic mass is 32.1. The first-order valence-corrected chi connectivity index (χ1v) is 8.66. The third kappa shape index (κ3) is 2.58. The van der Waals surface area contributed by atoms with Crippen molar-refractivity contribution in [1.29, 1.82) is 0 Å². The van der Waals surface area contributed by atoms with Crippen LogP contribution in [-0.2, 0) is 19.9 Å². The molecule has 0 unspecified atom stereocenters. The molecule has 4 rings (SSSR count). The molecule has 4 heterocycles. The van der Waals surface area contributed by atoms with Crippen LogP contribution in [0.2, 0.25) is 0 Å². The van der Waals surface area contributed by atoms with Crippen LogP contribution in [0.4, 0.5) is 0 Å². The minimum atomic E-state index is 0.718. The van der Waals surface area contributed by atoms with Crippen molar-refractivity contribution >= 4 is 17.0 Å². The number of thiophene rings is 1. The molecule has 122 valence electrons. The van der Waals surface area contributed by atoms with E-state index in [0.29, 0.717) is 0 Å². The zero-order valence-corrected chi connectivity index (χ0v) is 14.6. The van der Waals surface area contributed by atoms with E-state index in [1.165, 1.54) is 0 Å². The molecule has 0 saturated carbocycles. The van der Waals surface area contributed by atoms with Gasteiger partial charge < -0.3 is 0 Å². The monoisotopic (exact) mass is 339 g/mol. The Morgan fingerprint density at radius 1 is 1.12 bits per heavy atom. The van der Waals surface area contributed by atoms with Crippen LogP contribution >= 0.6 is 11.3 Å². The third-order valence-corrected chi connectivity index (χ3v) is 4.64. The highest BCUT2D eigenvalue weighted by Crippen LogP contribution is 2.19. The Hall–Kier alpha value is -2.61. The summed E-state index contributed by atoms with van der Waals surface area (Å²) >= 11 is 1.65. The van der Waals surface area contributed by atoms with E-state index in [1.54, 1.807) is 11.3 Å². The van der Waals surface area contributed by atoms with E-state index in [-0.39, 0.29) is 0 Å². The minimum absolute atomic E-state index is 0.718. The van der Waals surface area contributed by atoms with Crippen molar-refractivity contribution in [2.24, 2.45) is 7.05 Å². The van der Waals surface area contributed by atoms with Crippen LogP contribution in [0.5, 0.6) is 0 Å². The summed E-state index contributed by atoms with van der Waals surface area (Å²) in [6, 6.07) is 2.03. The molecule has 0 saturated heterocycles. The van der Waals surface area contributed by atoms with Crippen LogP contribution in [-0.4, -0.2) is 34.3 Å². The molecule has 4 aromatic rings. The van der Waals surface area contributed by atoms with Gasteiger partial charge in [-0.1, -0.05) is 0 Å². The number of hydrogen-bond acceptors (Lipinski definition) is 6. The van der Waals surface area contributed by atoms with Crippen LogP contribution < -0.4 is 0 Å². The average Bonchev–Trinajstić information content (AvgIpc) is 3.28. The molecule has 0 atom stereocenters. The average molecular weight is 339 g/mol. The second-order valence-electron chi connectivity index (χ2n) is 5.74. The maximum absolute atomic E-state index is 4.64. The number of aromatic nitrogens is 7. The van der Waals surface area contributed by atoms with Crippen molar-refractivity contribution in [3.63, 3.8) is 0 Å². The fraction of sp³-hybridized carbons (Fsp3) is 0.312. The molecule has 0 aliphatic heterocycles. The number of fused-ring (bicyclic) bond motifs is 1. The second-order valence-corrected chi connectivity index (χ2v) is 6.52. The molecule has 0 bridgehead atoms. The van der Waals surface area contributed by atoms with E-state index in [2.05, 4.69) is 30.5 Å². The van der Waals surface area contributed by atoms with Gasteiger partial charge in [0, 0.05) is 37.0 Å². The first-order valence-electron chi connectivity index (χ1n) is 7.72. The van der Waals surface area contributed by atoms with Crippen LogP contribution in [0.25, 0.3) is 17.0 Å². The van der Waals surface area contributed by atoms with Gasteiger partial charge >= 0.3 is 0 Å². The highest BCUT2D eigenvalue weighted by Gasteiger charge is 2.13. The normalized spacial score (nSPS) is 11.5. The Bertz CT molecular complexity index is 958. The Morgan fingerprint density at radius 3 is 2.75 bits per heavy atom. The first kappa shape index (κ1) is 14.9. The lowest BCUT2D eigenvalue weighted by atomic mass is 10.3. The summed E-state index contributed by atoms with van der Waals surface area (Å²) in [7, 11) is 1.92. The summed E-state index contributed by atoms with van der Waals surface area (Å²) in [5.41, 5.74) is 3.75. The van der Waals surface area contributed by atoms with Crippen molar-refractivity contribution in [1.82, 2.24) is 34.3 Å². The Kier molecular flexibility index (Phi) is 3.61. The number of aryl methyl sites for hydroxylation is 5. The highest BCUT2D eigenvalue weighted by molar-refractivity contribution is 7.08. The van der Waals surface area contributed by atoms with Gasteiger partial charge in [-0.15, -0.1) is 0 Å². The van der Waals surface area contributed by atoms with Crippen LogP contribution in [0.15, 0.2) is 23.0 Å². The fourth-order valence-electron chi connectivity index (χ4n) is 2.62. The van der Waals surface area contributed by atoms with Gasteiger partial charge in [0.15, 0.2) is 17.3 Å². The Balaban J connectivity index is 1.57. The van der Waals surface area contributed by atoms with Gasteiger partial charge in [-0.05, 0) is 25.3 Å². The molecule has 24 heavy (non-hydrogen) atoms. The van der Waals surface area contributed by atoms with Crippen molar-refractivity contribution < 1.29 is 0 Å². The zero-order chi connectivity index (χ0) is 16.7. The molecular weight excluding hydrogens is 322 g/mol. The minimum Gasteiger partial charge on any atom is -0.256 e. The van der Waals surface area contributed by atoms with Gasteiger partial charge in [0.2, 0.25) is 0 Å². The molecule has 0 aliphatic carbocycles. The van der Waals surface area contributed by atoms with Crippen LogP contribution in [0.3, 0.4) is 0 Å². The van der Waals surface area contributed by atoms with Gasteiger partial charge in [-0.3, -0.25) is 9.67 Å². The number of rotatable bonds is 4. The summed E-state index contributed by atoms with van der Waals surface area (Å²) in [5, 5.41) is 13.2. The standard InChI is InChI=1S/C16H17N7S/c1-10-8-17-11(2)16-18-13(20-23(10)16)4-5-14-19-15(21-22(14)3)12-6-7-24-9-12/h6-9H,4-5H2,1-3H3. The quantitative estimate of drug-likeness (QED) is 0.571. The lowest BCUT2D eigenvalue weighted by molar-refractivity contribution is 0.683. The molecule has 0 N–H and O–H groups in total. The summed E-state index contributed by atoms with van der Waals surface area (Å²) < 4.78 is 3.69.